The van der Waals surface area contributed by atoms with Gasteiger partial charge in [0, 0.05) is 68.8 Å². The number of aromatic nitrogens is 1. The molecule has 23 heteroatoms. The van der Waals surface area contributed by atoms with Crippen LogP contribution >= 0.6 is 0 Å². The molecular formula is C60H91N13O10. The Labute approximate surface area is 487 Å². The van der Waals surface area contributed by atoms with Gasteiger partial charge < -0.3 is 69.0 Å². The molecule has 0 bridgehead atoms. The standard InChI is InChI=1S/C60H91N13O10/c1-3-5-7-8-9-10-11-12-16-29-52(76)67-45(25-6-4-2)54(78)70-47-30-31-51(75)64-32-20-19-27-44(53(61)77)68-57(81)49(35-40-37-66-43-26-18-17-24-42(40)43)71-55(79)46(28-21-33-65-60(62)63)69-56(80)48(34-39-22-14-13-15-23-39)72-58(82)50-36-41(74)38-73(50)59(47)83/h13-15,17-18,22-24,26,37,41,44-50,66,74H,3-12,16,19-21,25,27-36,38H2,1-2H3,(H2,61,77)(H,64,75)(H,67,76)(H,68,81)(H,69,80)(H,70,78)(H,71,79)(H,72,82)(H4,62,63,65)/t41-,44+,45+,46?,47+,48?,49+,50?/m1/s1. The van der Waals surface area contributed by atoms with Gasteiger partial charge in [-0.1, -0.05) is 127 Å². The average Bonchev–Trinajstić information content (AvgIpc) is 4.09. The van der Waals surface area contributed by atoms with Gasteiger partial charge in [0.2, 0.25) is 53.2 Å². The summed E-state index contributed by atoms with van der Waals surface area (Å²) in [5.41, 5.74) is 13.4. The lowest BCUT2D eigenvalue weighted by atomic mass is 10.0. The quantitative estimate of drug-likeness (QED) is 0.0331. The van der Waals surface area contributed by atoms with Crippen LogP contribution in [0.25, 0.3) is 10.9 Å². The normalized spacial score (nSPS) is 22.2. The lowest BCUT2D eigenvalue weighted by Crippen LogP contribution is -2.60. The van der Waals surface area contributed by atoms with Gasteiger partial charge in [0.25, 0.3) is 0 Å². The van der Waals surface area contributed by atoms with Crippen molar-refractivity contribution in [3.05, 3.63) is 71.9 Å². The lowest BCUT2D eigenvalue weighted by molar-refractivity contribution is -0.143. The first-order chi connectivity index (χ1) is 40.0. The Hall–Kier alpha value is -7.56. The van der Waals surface area contributed by atoms with Crippen LogP contribution in [0.2, 0.25) is 0 Å². The largest absolute Gasteiger partial charge is 0.391 e. The molecule has 3 heterocycles. The summed E-state index contributed by atoms with van der Waals surface area (Å²) in [4.78, 5) is 132. The third kappa shape index (κ3) is 22.6. The number of aliphatic hydroxyl groups is 1. The molecule has 456 valence electrons. The molecule has 83 heavy (non-hydrogen) atoms. The summed E-state index contributed by atoms with van der Waals surface area (Å²) in [6, 6.07) is 7.07. The van der Waals surface area contributed by atoms with Crippen molar-refractivity contribution in [1.82, 2.24) is 52.4 Å². The van der Waals surface area contributed by atoms with Crippen LogP contribution in [-0.4, -0.2) is 142 Å². The molecule has 5 rings (SSSR count). The number of guanidine groups is 1. The molecule has 0 spiro atoms. The number of hydrogen-bond donors (Lipinski definition) is 13. The first-order valence-corrected chi connectivity index (χ1v) is 30.0. The van der Waals surface area contributed by atoms with Gasteiger partial charge in [-0.05, 0) is 68.6 Å². The maximum absolute atomic E-state index is 14.9. The topological polar surface area (TPSA) is 365 Å². The summed E-state index contributed by atoms with van der Waals surface area (Å²) >= 11 is 0. The number of nitrogens with one attached hydrogen (secondary N) is 10. The molecule has 8 atom stereocenters. The molecule has 9 amide bonds. The van der Waals surface area contributed by atoms with Crippen LogP contribution in [0.1, 0.15) is 160 Å². The fourth-order valence-corrected chi connectivity index (χ4v) is 10.6. The first kappa shape index (κ1) is 66.2. The minimum atomic E-state index is -1.40. The number of primary amides is 1. The van der Waals surface area contributed by atoms with Gasteiger partial charge in [-0.25, -0.2) is 0 Å². The monoisotopic (exact) mass is 1150 g/mol. The van der Waals surface area contributed by atoms with E-state index in [1.54, 1.807) is 36.5 Å². The third-order valence-corrected chi connectivity index (χ3v) is 15.3. The van der Waals surface area contributed by atoms with E-state index < -0.39 is 95.7 Å². The number of carbonyl (C=O) groups is 9. The number of unbranched alkanes of at least 4 members (excludes halogenated alkanes) is 9. The van der Waals surface area contributed by atoms with Crippen LogP contribution in [0.5, 0.6) is 0 Å². The summed E-state index contributed by atoms with van der Waals surface area (Å²) in [6.45, 7) is 4.07. The number of carbonyl (C=O) groups excluding carboxylic acids is 9. The highest BCUT2D eigenvalue weighted by molar-refractivity contribution is 5.98. The number of amides is 9. The van der Waals surface area contributed by atoms with Gasteiger partial charge >= 0.3 is 0 Å². The lowest BCUT2D eigenvalue weighted by Gasteiger charge is -2.31. The van der Waals surface area contributed by atoms with Crippen molar-refractivity contribution >= 4 is 70.0 Å². The molecule has 2 aromatic carbocycles. The molecule has 3 unspecified atom stereocenters. The second kappa shape index (κ2) is 35.4. The van der Waals surface area contributed by atoms with Gasteiger partial charge in [0.1, 0.15) is 42.3 Å². The van der Waals surface area contributed by atoms with Crippen molar-refractivity contribution in [2.24, 2.45) is 11.5 Å². The van der Waals surface area contributed by atoms with Crippen LogP contribution in [0.4, 0.5) is 0 Å². The van der Waals surface area contributed by atoms with E-state index in [0.29, 0.717) is 43.2 Å². The molecular weight excluding hydrogens is 1060 g/mol. The van der Waals surface area contributed by atoms with E-state index in [0.717, 1.165) is 41.5 Å². The number of nitrogens with two attached hydrogens (primary N) is 2. The molecule has 23 nitrogen and oxygen atoms in total. The van der Waals surface area contributed by atoms with Crippen molar-refractivity contribution in [1.29, 1.82) is 5.41 Å². The zero-order chi connectivity index (χ0) is 60.1. The summed E-state index contributed by atoms with van der Waals surface area (Å²) in [6.07, 6.45) is 11.9. The Morgan fingerprint density at radius 1 is 0.735 bits per heavy atom. The predicted molar refractivity (Wildman–Crippen MR) is 316 cm³/mol. The van der Waals surface area contributed by atoms with E-state index in [9.17, 15) is 48.3 Å². The molecule has 0 saturated carbocycles. The summed E-state index contributed by atoms with van der Waals surface area (Å²) < 4.78 is 0. The average molecular weight is 1150 g/mol. The molecule has 1 aromatic heterocycles. The molecule has 0 aliphatic carbocycles. The highest BCUT2D eigenvalue weighted by Gasteiger charge is 2.43. The van der Waals surface area contributed by atoms with E-state index in [4.69, 9.17) is 16.9 Å². The van der Waals surface area contributed by atoms with E-state index in [2.05, 4.69) is 54.4 Å². The number of para-hydroxylation sites is 1. The fraction of sp³-hybridized carbons (Fsp3) is 0.600. The van der Waals surface area contributed by atoms with E-state index in [1.165, 1.54) is 25.7 Å². The number of nitrogens with zero attached hydrogens (tertiary/aromatic N) is 1. The molecule has 0 radical (unpaired) electrons. The fourth-order valence-electron chi connectivity index (χ4n) is 10.6. The van der Waals surface area contributed by atoms with Gasteiger partial charge in [0.15, 0.2) is 5.96 Å². The molecule has 3 aromatic rings. The number of aromatic amines is 1. The molecule has 2 aliphatic heterocycles. The van der Waals surface area contributed by atoms with Crippen LogP contribution in [-0.2, 0) is 56.0 Å². The van der Waals surface area contributed by atoms with Crippen LogP contribution < -0.4 is 54.0 Å². The Bertz CT molecular complexity index is 2620. The van der Waals surface area contributed by atoms with E-state index >= 15 is 0 Å². The zero-order valence-corrected chi connectivity index (χ0v) is 48.5. The van der Waals surface area contributed by atoms with Crippen molar-refractivity contribution in [2.75, 3.05) is 19.6 Å². The van der Waals surface area contributed by atoms with Crippen LogP contribution in [0, 0.1) is 5.41 Å². The SMILES string of the molecule is CCCCCCCCCCCC(=O)N[C@@H](CCCC)C(=O)N[C@H]1CCC(=O)NCCCC[C@@H](C(N)=O)NC(=O)[C@H](Cc2c[nH]c3ccccc23)NC(=O)C(CCCNC(=N)N)NC(=O)C(Cc2ccccc2)NC(=O)C2C[C@@H](O)CN2C1=O. The summed E-state index contributed by atoms with van der Waals surface area (Å²) in [5.74, 6) is -6.51. The van der Waals surface area contributed by atoms with Gasteiger partial charge in [-0.3, -0.25) is 48.6 Å². The second-order valence-corrected chi connectivity index (χ2v) is 22.1. The number of rotatable bonds is 25. The maximum atomic E-state index is 14.9. The van der Waals surface area contributed by atoms with Crippen molar-refractivity contribution in [3.63, 3.8) is 0 Å². The third-order valence-electron chi connectivity index (χ3n) is 15.3. The minimum Gasteiger partial charge on any atom is -0.391 e. The maximum Gasteiger partial charge on any atom is 0.245 e. The minimum absolute atomic E-state index is 0.0434. The number of aliphatic hydroxyl groups excluding tert-OH is 1. The van der Waals surface area contributed by atoms with E-state index in [-0.39, 0.29) is 95.7 Å². The Balaban J connectivity index is 1.45. The van der Waals surface area contributed by atoms with Gasteiger partial charge in [0.05, 0.1) is 6.10 Å². The zero-order valence-electron chi connectivity index (χ0n) is 48.5. The smallest absolute Gasteiger partial charge is 0.245 e. The number of hydrogen-bond acceptors (Lipinski definition) is 11. The highest BCUT2D eigenvalue weighted by atomic mass is 16.3. The highest BCUT2D eigenvalue weighted by Crippen LogP contribution is 2.23. The predicted octanol–water partition coefficient (Wildman–Crippen LogP) is 2.76. The number of fused-ring (bicyclic) bond motifs is 2. The Morgan fingerprint density at radius 2 is 1.37 bits per heavy atom. The first-order valence-electron chi connectivity index (χ1n) is 30.0. The Morgan fingerprint density at radius 3 is 2.08 bits per heavy atom. The number of H-pyrrole nitrogens is 1. The van der Waals surface area contributed by atoms with Crippen LogP contribution in [0.3, 0.4) is 0 Å². The van der Waals surface area contributed by atoms with Crippen molar-refractivity contribution in [3.8, 4) is 0 Å². The Kier molecular flexibility index (Phi) is 28.3. The molecule has 2 aliphatic rings. The van der Waals surface area contributed by atoms with Crippen molar-refractivity contribution < 1.29 is 48.3 Å². The molecule has 2 fully saturated rings. The molecule has 15 N–H and O–H groups in total. The summed E-state index contributed by atoms with van der Waals surface area (Å²) in [5, 5.41) is 41.8. The number of benzene rings is 2. The van der Waals surface area contributed by atoms with Gasteiger partial charge in [-0.15, -0.1) is 0 Å². The van der Waals surface area contributed by atoms with Crippen molar-refractivity contribution in [2.45, 2.75) is 210 Å². The molecule has 2 saturated heterocycles. The summed E-state index contributed by atoms with van der Waals surface area (Å²) in [7, 11) is 0. The van der Waals surface area contributed by atoms with Gasteiger partial charge in [-0.2, -0.15) is 0 Å². The van der Waals surface area contributed by atoms with E-state index in [1.807, 2.05) is 31.2 Å². The van der Waals surface area contributed by atoms with Crippen LogP contribution in [0.15, 0.2) is 60.8 Å². The second-order valence-electron chi connectivity index (χ2n) is 22.1.